The minimum absolute atomic E-state index is 0.642. The summed E-state index contributed by atoms with van der Waals surface area (Å²) in [5.74, 6) is 0. The quantitative estimate of drug-likeness (QED) is 0.620. The van der Waals surface area contributed by atoms with E-state index in [-0.39, 0.29) is 0 Å². The van der Waals surface area contributed by atoms with E-state index in [1.807, 2.05) is 0 Å². The molecule has 0 atom stereocenters. The number of hydrogen-bond acceptors (Lipinski definition) is 4. The van der Waals surface area contributed by atoms with Crippen LogP contribution in [0.25, 0.3) is 0 Å². The fourth-order valence-corrected chi connectivity index (χ4v) is 1.60. The van der Waals surface area contributed by atoms with Crippen LogP contribution in [0.3, 0.4) is 0 Å². The molecule has 1 aromatic heterocycles. The molecule has 72 valence electrons. The summed E-state index contributed by atoms with van der Waals surface area (Å²) in [6, 6.07) is 0. The summed E-state index contributed by atoms with van der Waals surface area (Å²) in [6.45, 7) is 0. The number of nitrogens with zero attached hydrogens (tertiary/aromatic N) is 1. The lowest BCUT2D eigenvalue weighted by Gasteiger charge is -1.97. The Morgan fingerprint density at radius 3 is 2.46 bits per heavy atom. The van der Waals surface area contributed by atoms with Crippen LogP contribution >= 0.6 is 10.7 Å². The first-order valence-electron chi connectivity index (χ1n) is 3.07. The molecule has 0 radical (unpaired) electrons. The van der Waals surface area contributed by atoms with Gasteiger partial charge in [0.25, 0.3) is 14.6 Å². The summed E-state index contributed by atoms with van der Waals surface area (Å²) in [4.78, 5) is 22.9. The Morgan fingerprint density at radius 1 is 1.46 bits per heavy atom. The molecule has 0 amide bonds. The third kappa shape index (κ3) is 1.99. The maximum Gasteiger partial charge on any atom is 0.328 e. The van der Waals surface area contributed by atoms with Gasteiger partial charge in [0.15, 0.2) is 4.90 Å². The summed E-state index contributed by atoms with van der Waals surface area (Å²) in [5.41, 5.74) is -1.72. The van der Waals surface area contributed by atoms with E-state index in [9.17, 15) is 18.0 Å². The van der Waals surface area contributed by atoms with Crippen molar-refractivity contribution in [3.8, 4) is 0 Å². The van der Waals surface area contributed by atoms with E-state index in [0.717, 1.165) is 10.8 Å². The van der Waals surface area contributed by atoms with Crippen molar-refractivity contribution < 1.29 is 8.42 Å². The predicted molar refractivity (Wildman–Crippen MR) is 45.3 cm³/mol. The Hall–Kier alpha value is -1.08. The van der Waals surface area contributed by atoms with Gasteiger partial charge in [-0.05, 0) is 0 Å². The smallest absolute Gasteiger partial charge is 0.302 e. The van der Waals surface area contributed by atoms with Crippen LogP contribution in [0.2, 0.25) is 0 Å². The van der Waals surface area contributed by atoms with Crippen LogP contribution in [0.1, 0.15) is 0 Å². The molecule has 8 heteroatoms. The molecule has 0 bridgehead atoms. The molecule has 0 fully saturated rings. The van der Waals surface area contributed by atoms with Gasteiger partial charge in [0.05, 0.1) is 0 Å². The van der Waals surface area contributed by atoms with Crippen LogP contribution in [0.15, 0.2) is 20.7 Å². The molecule has 13 heavy (non-hydrogen) atoms. The summed E-state index contributed by atoms with van der Waals surface area (Å²) in [5, 5.41) is 0. The number of aromatic amines is 1. The molecule has 6 nitrogen and oxygen atoms in total. The monoisotopic (exact) mass is 224 g/mol. The van der Waals surface area contributed by atoms with Crippen LogP contribution in [-0.4, -0.2) is 18.0 Å². The molecule has 0 spiro atoms. The standard InChI is InChI=1S/C5H5ClN2O4S/c1-8-2-3(13(6,11)12)4(9)7-5(8)10/h2H,1H3,(H,7,9,10). The third-order valence-corrected chi connectivity index (χ3v) is 2.65. The fraction of sp³-hybridized carbons (Fsp3) is 0.200. The van der Waals surface area contributed by atoms with Gasteiger partial charge in [-0.1, -0.05) is 0 Å². The van der Waals surface area contributed by atoms with E-state index in [0.29, 0.717) is 0 Å². The molecule has 0 saturated carbocycles. The first kappa shape index (κ1) is 10.0. The van der Waals surface area contributed by atoms with Crippen LogP contribution in [0.5, 0.6) is 0 Å². The fourth-order valence-electron chi connectivity index (χ4n) is 0.714. The lowest BCUT2D eigenvalue weighted by atomic mass is 10.6. The van der Waals surface area contributed by atoms with E-state index >= 15 is 0 Å². The number of halogens is 1. The number of hydrogen-bond donors (Lipinski definition) is 1. The Balaban J connectivity index is 3.70. The van der Waals surface area contributed by atoms with Crippen molar-refractivity contribution >= 4 is 19.7 Å². The molecular weight excluding hydrogens is 220 g/mol. The molecule has 1 heterocycles. The lowest BCUT2D eigenvalue weighted by molar-refractivity contribution is 0.605. The second kappa shape index (κ2) is 3.00. The molecule has 1 N–H and O–H groups in total. The number of nitrogens with one attached hydrogen (secondary N) is 1. The van der Waals surface area contributed by atoms with Crippen molar-refractivity contribution in [3.63, 3.8) is 0 Å². The van der Waals surface area contributed by atoms with Gasteiger partial charge in [-0.3, -0.25) is 9.78 Å². The van der Waals surface area contributed by atoms with Gasteiger partial charge in [0.2, 0.25) is 0 Å². The minimum Gasteiger partial charge on any atom is -0.302 e. The summed E-state index contributed by atoms with van der Waals surface area (Å²) >= 11 is 0. The Bertz CT molecular complexity index is 540. The van der Waals surface area contributed by atoms with Crippen molar-refractivity contribution in [2.24, 2.45) is 7.05 Å². The van der Waals surface area contributed by atoms with Crippen molar-refractivity contribution in [2.75, 3.05) is 0 Å². The van der Waals surface area contributed by atoms with Gasteiger partial charge in [0, 0.05) is 23.9 Å². The largest absolute Gasteiger partial charge is 0.328 e. The molecule has 0 aliphatic carbocycles. The summed E-state index contributed by atoms with van der Waals surface area (Å²) in [6.07, 6.45) is 0.865. The number of H-pyrrole nitrogens is 1. The van der Waals surface area contributed by atoms with E-state index in [1.54, 1.807) is 4.98 Å². The highest BCUT2D eigenvalue weighted by Crippen LogP contribution is 2.06. The van der Waals surface area contributed by atoms with Crippen LogP contribution < -0.4 is 11.2 Å². The second-order valence-corrected chi connectivity index (χ2v) is 4.84. The molecule has 0 unspecified atom stereocenters. The number of aryl methyl sites for hydroxylation is 1. The highest BCUT2D eigenvalue weighted by molar-refractivity contribution is 8.13. The molecule has 1 aromatic rings. The number of aromatic nitrogens is 2. The maximum absolute atomic E-state index is 10.9. The van der Waals surface area contributed by atoms with Gasteiger partial charge in [-0.25, -0.2) is 13.2 Å². The first-order chi connectivity index (χ1) is 5.82. The van der Waals surface area contributed by atoms with E-state index < -0.39 is 25.2 Å². The van der Waals surface area contributed by atoms with Crippen molar-refractivity contribution in [3.05, 3.63) is 27.0 Å². The van der Waals surface area contributed by atoms with Crippen molar-refractivity contribution in [1.82, 2.24) is 9.55 Å². The van der Waals surface area contributed by atoms with Gasteiger partial charge in [-0.15, -0.1) is 0 Å². The molecule has 0 aromatic carbocycles. The molecule has 0 saturated heterocycles. The van der Waals surface area contributed by atoms with Crippen LogP contribution in [0.4, 0.5) is 0 Å². The maximum atomic E-state index is 10.9. The van der Waals surface area contributed by atoms with E-state index in [4.69, 9.17) is 10.7 Å². The van der Waals surface area contributed by atoms with Gasteiger partial charge in [-0.2, -0.15) is 0 Å². The third-order valence-electron chi connectivity index (χ3n) is 1.34. The molecule has 0 aliphatic rings. The molecule has 0 aliphatic heterocycles. The Morgan fingerprint density at radius 2 is 2.00 bits per heavy atom. The van der Waals surface area contributed by atoms with Crippen LogP contribution in [0, 0.1) is 0 Å². The summed E-state index contributed by atoms with van der Waals surface area (Å²) < 4.78 is 22.4. The summed E-state index contributed by atoms with van der Waals surface area (Å²) in [7, 11) is 2.12. The first-order valence-corrected chi connectivity index (χ1v) is 5.38. The lowest BCUT2D eigenvalue weighted by Crippen LogP contribution is -2.30. The van der Waals surface area contributed by atoms with E-state index in [1.165, 1.54) is 7.05 Å². The highest BCUT2D eigenvalue weighted by Gasteiger charge is 2.15. The zero-order valence-electron chi connectivity index (χ0n) is 6.44. The predicted octanol–water partition coefficient (Wildman–Crippen LogP) is -0.999. The average molecular weight is 225 g/mol. The van der Waals surface area contributed by atoms with Gasteiger partial charge in [0.1, 0.15) is 0 Å². The number of rotatable bonds is 1. The average Bonchev–Trinajstić information content (AvgIpc) is 1.94. The van der Waals surface area contributed by atoms with Gasteiger partial charge >= 0.3 is 5.69 Å². The van der Waals surface area contributed by atoms with Crippen molar-refractivity contribution in [2.45, 2.75) is 4.90 Å². The SMILES string of the molecule is Cn1cc(S(=O)(=O)Cl)c(=O)[nH]c1=O. The Labute approximate surface area is 77.2 Å². The highest BCUT2D eigenvalue weighted by atomic mass is 35.7. The topological polar surface area (TPSA) is 89.0 Å². The van der Waals surface area contributed by atoms with Gasteiger partial charge < -0.3 is 4.57 Å². The zero-order chi connectivity index (χ0) is 10.2. The van der Waals surface area contributed by atoms with E-state index in [2.05, 4.69) is 0 Å². The molecular formula is C5H5ClN2O4S. The van der Waals surface area contributed by atoms with Crippen molar-refractivity contribution in [1.29, 1.82) is 0 Å². The van der Waals surface area contributed by atoms with Crippen LogP contribution in [-0.2, 0) is 16.1 Å². The normalized spacial score (nSPS) is 11.5. The second-order valence-electron chi connectivity index (χ2n) is 2.30. The minimum atomic E-state index is -4.10. The Kier molecular flexibility index (Phi) is 2.31. The zero-order valence-corrected chi connectivity index (χ0v) is 8.02. The molecule has 1 rings (SSSR count).